The largest absolute Gasteiger partial charge is 0.179 e. The molecule has 1 aliphatic carbocycles. The zero-order valence-electron chi connectivity index (χ0n) is 6.84. The Labute approximate surface area is 69.8 Å². The van der Waals surface area contributed by atoms with Gasteiger partial charge in [-0.05, 0) is 24.0 Å². The van der Waals surface area contributed by atoms with Gasteiger partial charge >= 0.3 is 0 Å². The predicted molar refractivity (Wildman–Crippen MR) is 49.6 cm³/mol. The SMILES string of the molecule is CC1CCC(CCS)CC1. The fourth-order valence-electron chi connectivity index (χ4n) is 1.80. The molecule has 0 heterocycles. The first-order valence-corrected chi connectivity index (χ1v) is 5.07. The maximum atomic E-state index is 4.25. The van der Waals surface area contributed by atoms with Gasteiger partial charge < -0.3 is 0 Å². The minimum Gasteiger partial charge on any atom is -0.179 e. The molecule has 0 aromatic carbocycles. The van der Waals surface area contributed by atoms with Crippen LogP contribution in [0.1, 0.15) is 39.0 Å². The molecule has 0 nitrogen and oxygen atoms in total. The number of hydrogen-bond donors (Lipinski definition) is 1. The van der Waals surface area contributed by atoms with E-state index in [-0.39, 0.29) is 0 Å². The van der Waals surface area contributed by atoms with Crippen molar-refractivity contribution in [2.75, 3.05) is 5.75 Å². The highest BCUT2D eigenvalue weighted by Gasteiger charge is 2.16. The summed E-state index contributed by atoms with van der Waals surface area (Å²) in [4.78, 5) is 0. The van der Waals surface area contributed by atoms with Crippen molar-refractivity contribution in [3.63, 3.8) is 0 Å². The summed E-state index contributed by atoms with van der Waals surface area (Å²) in [6.45, 7) is 2.37. The second kappa shape index (κ2) is 4.27. The monoisotopic (exact) mass is 158 g/mol. The molecule has 60 valence electrons. The van der Waals surface area contributed by atoms with Gasteiger partial charge in [-0.15, -0.1) is 0 Å². The molecule has 1 rings (SSSR count). The Morgan fingerprint density at radius 3 is 2.30 bits per heavy atom. The maximum absolute atomic E-state index is 4.25. The minimum atomic E-state index is 0.996. The van der Waals surface area contributed by atoms with Gasteiger partial charge in [0.25, 0.3) is 0 Å². The molecule has 1 heteroatoms. The molecular formula is C9H18S. The first-order chi connectivity index (χ1) is 4.83. The number of rotatable bonds is 2. The van der Waals surface area contributed by atoms with E-state index in [1.165, 1.54) is 32.1 Å². The molecule has 10 heavy (non-hydrogen) atoms. The standard InChI is InChI=1S/C9H18S/c1-8-2-4-9(5-3-8)6-7-10/h8-10H,2-7H2,1H3. The Morgan fingerprint density at radius 2 is 1.80 bits per heavy atom. The molecule has 0 atom stereocenters. The van der Waals surface area contributed by atoms with Crippen LogP contribution in [0.3, 0.4) is 0 Å². The molecule has 0 saturated heterocycles. The molecule has 1 aliphatic rings. The first-order valence-electron chi connectivity index (χ1n) is 4.43. The van der Waals surface area contributed by atoms with Crippen LogP contribution < -0.4 is 0 Å². The first kappa shape index (κ1) is 8.45. The highest BCUT2D eigenvalue weighted by molar-refractivity contribution is 7.80. The normalized spacial score (nSPS) is 34.2. The molecule has 0 bridgehead atoms. The quantitative estimate of drug-likeness (QED) is 0.586. The second-order valence-electron chi connectivity index (χ2n) is 3.64. The van der Waals surface area contributed by atoms with Crippen LogP contribution in [0.2, 0.25) is 0 Å². The summed E-state index contributed by atoms with van der Waals surface area (Å²) in [7, 11) is 0. The summed E-state index contributed by atoms with van der Waals surface area (Å²) in [6, 6.07) is 0. The van der Waals surface area contributed by atoms with Crippen molar-refractivity contribution in [2.24, 2.45) is 11.8 Å². The lowest BCUT2D eigenvalue weighted by molar-refractivity contribution is 0.286. The summed E-state index contributed by atoms with van der Waals surface area (Å²) < 4.78 is 0. The summed E-state index contributed by atoms with van der Waals surface area (Å²) in [6.07, 6.45) is 7.18. The Balaban J connectivity index is 2.13. The minimum absolute atomic E-state index is 0.996. The van der Waals surface area contributed by atoms with Crippen molar-refractivity contribution in [1.82, 2.24) is 0 Å². The molecule has 0 aromatic heterocycles. The molecule has 0 aromatic rings. The molecule has 0 radical (unpaired) electrons. The third-order valence-corrected chi connectivity index (χ3v) is 2.93. The molecule has 0 aliphatic heterocycles. The van der Waals surface area contributed by atoms with Crippen LogP contribution in [-0.4, -0.2) is 5.75 Å². The van der Waals surface area contributed by atoms with Crippen molar-refractivity contribution in [1.29, 1.82) is 0 Å². The van der Waals surface area contributed by atoms with Gasteiger partial charge in [-0.2, -0.15) is 12.6 Å². The van der Waals surface area contributed by atoms with Gasteiger partial charge in [0.15, 0.2) is 0 Å². The van der Waals surface area contributed by atoms with Crippen molar-refractivity contribution < 1.29 is 0 Å². The number of thiol groups is 1. The Bertz CT molecular complexity index is 82.7. The molecule has 0 amide bonds. The predicted octanol–water partition coefficient (Wildman–Crippen LogP) is 3.13. The molecule has 0 unspecified atom stereocenters. The van der Waals surface area contributed by atoms with Crippen molar-refractivity contribution >= 4 is 12.6 Å². The smallest absolute Gasteiger partial charge is 0.00953 e. The van der Waals surface area contributed by atoms with Crippen LogP contribution >= 0.6 is 12.6 Å². The average molecular weight is 158 g/mol. The van der Waals surface area contributed by atoms with Gasteiger partial charge in [0.2, 0.25) is 0 Å². The molecule has 1 fully saturated rings. The van der Waals surface area contributed by atoms with E-state index < -0.39 is 0 Å². The van der Waals surface area contributed by atoms with Gasteiger partial charge in [-0.1, -0.05) is 32.6 Å². The zero-order chi connectivity index (χ0) is 7.40. The van der Waals surface area contributed by atoms with Crippen LogP contribution in [-0.2, 0) is 0 Å². The van der Waals surface area contributed by atoms with E-state index in [0.29, 0.717) is 0 Å². The highest BCUT2D eigenvalue weighted by Crippen LogP contribution is 2.30. The zero-order valence-corrected chi connectivity index (χ0v) is 7.74. The summed E-state index contributed by atoms with van der Waals surface area (Å²) in [5, 5.41) is 0. The molecule has 0 spiro atoms. The molecule has 1 saturated carbocycles. The Kier molecular flexibility index (Phi) is 3.61. The van der Waals surface area contributed by atoms with Crippen molar-refractivity contribution in [3.05, 3.63) is 0 Å². The van der Waals surface area contributed by atoms with E-state index in [4.69, 9.17) is 0 Å². The van der Waals surface area contributed by atoms with E-state index >= 15 is 0 Å². The van der Waals surface area contributed by atoms with Gasteiger partial charge in [-0.25, -0.2) is 0 Å². The van der Waals surface area contributed by atoms with E-state index in [9.17, 15) is 0 Å². The van der Waals surface area contributed by atoms with Crippen LogP contribution in [0.15, 0.2) is 0 Å². The average Bonchev–Trinajstić information content (AvgIpc) is 1.95. The fraction of sp³-hybridized carbons (Fsp3) is 1.00. The van der Waals surface area contributed by atoms with Crippen molar-refractivity contribution in [3.8, 4) is 0 Å². The van der Waals surface area contributed by atoms with Gasteiger partial charge in [0.1, 0.15) is 0 Å². The van der Waals surface area contributed by atoms with Crippen LogP contribution in [0.5, 0.6) is 0 Å². The van der Waals surface area contributed by atoms with E-state index in [2.05, 4.69) is 19.6 Å². The maximum Gasteiger partial charge on any atom is -0.00953 e. The summed E-state index contributed by atoms with van der Waals surface area (Å²) in [5.74, 6) is 3.09. The van der Waals surface area contributed by atoms with Crippen molar-refractivity contribution in [2.45, 2.75) is 39.0 Å². The highest BCUT2D eigenvalue weighted by atomic mass is 32.1. The van der Waals surface area contributed by atoms with Gasteiger partial charge in [0.05, 0.1) is 0 Å². The second-order valence-corrected chi connectivity index (χ2v) is 4.09. The summed E-state index contributed by atoms with van der Waals surface area (Å²) in [5.41, 5.74) is 0. The van der Waals surface area contributed by atoms with E-state index in [0.717, 1.165) is 17.6 Å². The topological polar surface area (TPSA) is 0 Å². The lowest BCUT2D eigenvalue weighted by atomic mass is 9.82. The van der Waals surface area contributed by atoms with Gasteiger partial charge in [0, 0.05) is 0 Å². The lowest BCUT2D eigenvalue weighted by Crippen LogP contribution is -2.12. The van der Waals surface area contributed by atoms with E-state index in [1.54, 1.807) is 0 Å². The third-order valence-electron chi connectivity index (χ3n) is 2.67. The summed E-state index contributed by atoms with van der Waals surface area (Å²) >= 11 is 4.25. The van der Waals surface area contributed by atoms with Crippen LogP contribution in [0, 0.1) is 11.8 Å². The number of hydrogen-bond acceptors (Lipinski definition) is 1. The van der Waals surface area contributed by atoms with Gasteiger partial charge in [-0.3, -0.25) is 0 Å². The Morgan fingerprint density at radius 1 is 1.20 bits per heavy atom. The fourth-order valence-corrected chi connectivity index (χ4v) is 2.17. The molecule has 0 N–H and O–H groups in total. The van der Waals surface area contributed by atoms with Crippen LogP contribution in [0.25, 0.3) is 0 Å². The van der Waals surface area contributed by atoms with Crippen LogP contribution in [0.4, 0.5) is 0 Å². The third kappa shape index (κ3) is 2.53. The lowest BCUT2D eigenvalue weighted by Gasteiger charge is -2.25. The van der Waals surface area contributed by atoms with E-state index in [1.807, 2.05) is 0 Å². The molecular weight excluding hydrogens is 140 g/mol. The Hall–Kier alpha value is 0.350.